The van der Waals surface area contributed by atoms with Gasteiger partial charge >= 0.3 is 0 Å². The molecule has 1 heterocycles. The van der Waals surface area contributed by atoms with E-state index < -0.39 is 6.29 Å². The molecule has 3 aromatic carbocycles. The number of carbonyl (C=O) groups is 3. The first kappa shape index (κ1) is 34.2. The van der Waals surface area contributed by atoms with Gasteiger partial charge in [0.1, 0.15) is 0 Å². The Kier molecular flexibility index (Phi) is 13.0. The number of hydrogen-bond donors (Lipinski definition) is 4. The fourth-order valence-electron chi connectivity index (χ4n) is 5.12. The van der Waals surface area contributed by atoms with Crippen LogP contribution in [0.5, 0.6) is 0 Å². The summed E-state index contributed by atoms with van der Waals surface area (Å²) in [5.41, 5.74) is 4.17. The van der Waals surface area contributed by atoms with Gasteiger partial charge in [0.2, 0.25) is 17.7 Å². The first-order valence-electron chi connectivity index (χ1n) is 15.4. The van der Waals surface area contributed by atoms with Gasteiger partial charge in [0.15, 0.2) is 6.29 Å². The van der Waals surface area contributed by atoms with Crippen molar-refractivity contribution in [3.05, 3.63) is 89.5 Å². The SMILES string of the molecule is CC(=O)NCCCCCC(=O)Nc1ccc(C2OC(CSc3ccc(NC(C)=O)cc3)C(C)C(c3ccc(CO)cc3)O2)cc1. The topological polar surface area (TPSA) is 126 Å². The van der Waals surface area contributed by atoms with Crippen LogP contribution < -0.4 is 16.0 Å². The van der Waals surface area contributed by atoms with Crippen molar-refractivity contribution in [2.24, 2.45) is 5.92 Å². The van der Waals surface area contributed by atoms with Crippen LogP contribution in [-0.4, -0.2) is 41.2 Å². The van der Waals surface area contributed by atoms with Crippen molar-refractivity contribution in [3.8, 4) is 0 Å². The Hall–Kier alpha value is -3.70. The molecule has 4 rings (SSSR count). The average molecular weight is 634 g/mol. The molecule has 240 valence electrons. The van der Waals surface area contributed by atoms with Crippen LogP contribution in [0.25, 0.3) is 0 Å². The van der Waals surface area contributed by atoms with Crippen molar-refractivity contribution >= 4 is 40.9 Å². The molecule has 3 amide bonds. The Morgan fingerprint density at radius 3 is 2.07 bits per heavy atom. The molecule has 0 aliphatic carbocycles. The number of rotatable bonds is 14. The summed E-state index contributed by atoms with van der Waals surface area (Å²) in [6, 6.07) is 23.1. The molecule has 4 N–H and O–H groups in total. The van der Waals surface area contributed by atoms with E-state index in [2.05, 4.69) is 22.9 Å². The number of benzene rings is 3. The number of anilines is 2. The zero-order valence-electron chi connectivity index (χ0n) is 26.1. The molecule has 10 heteroatoms. The zero-order valence-corrected chi connectivity index (χ0v) is 26.9. The van der Waals surface area contributed by atoms with Crippen LogP contribution in [0.4, 0.5) is 11.4 Å². The van der Waals surface area contributed by atoms with Crippen molar-refractivity contribution < 1.29 is 29.0 Å². The number of aliphatic hydroxyl groups is 1. The molecule has 4 unspecified atom stereocenters. The molecule has 1 aliphatic rings. The number of unbranched alkanes of at least 4 members (excludes halogenated alkanes) is 2. The molecule has 1 aliphatic heterocycles. The van der Waals surface area contributed by atoms with Gasteiger partial charge in [-0.2, -0.15) is 0 Å². The lowest BCUT2D eigenvalue weighted by atomic mass is 9.91. The summed E-state index contributed by atoms with van der Waals surface area (Å²) in [6.07, 6.45) is 1.92. The molecule has 1 saturated heterocycles. The summed E-state index contributed by atoms with van der Waals surface area (Å²) in [7, 11) is 0. The lowest BCUT2D eigenvalue weighted by molar-refractivity contribution is -0.268. The number of aliphatic hydroxyl groups excluding tert-OH is 1. The molecule has 4 atom stereocenters. The second kappa shape index (κ2) is 17.1. The van der Waals surface area contributed by atoms with E-state index in [0.29, 0.717) is 24.4 Å². The number of hydrogen-bond acceptors (Lipinski definition) is 7. The van der Waals surface area contributed by atoms with Gasteiger partial charge in [0, 0.05) is 60.3 Å². The number of thioether (sulfide) groups is 1. The number of ether oxygens (including phenoxy) is 2. The molecule has 45 heavy (non-hydrogen) atoms. The Balaban J connectivity index is 1.40. The maximum absolute atomic E-state index is 12.5. The number of amides is 3. The zero-order chi connectivity index (χ0) is 32.2. The molecular weight excluding hydrogens is 590 g/mol. The second-order valence-electron chi connectivity index (χ2n) is 11.3. The van der Waals surface area contributed by atoms with Crippen LogP contribution in [0.1, 0.15) is 75.5 Å². The molecule has 0 spiro atoms. The predicted molar refractivity (Wildman–Crippen MR) is 177 cm³/mol. The smallest absolute Gasteiger partial charge is 0.224 e. The summed E-state index contributed by atoms with van der Waals surface area (Å²) in [5, 5.41) is 18.0. The van der Waals surface area contributed by atoms with Crippen molar-refractivity contribution in [1.82, 2.24) is 5.32 Å². The standard InChI is InChI=1S/C35H43N3O6S/c1-23-32(22-45-31-18-16-29(17-19-31)37-25(3)41)43-35(44-34(23)27-10-8-26(21-39)9-11-27)28-12-14-30(15-13-28)38-33(42)7-5-4-6-20-36-24(2)40/h8-19,23,32,34-35,39H,4-7,20-22H2,1-3H3,(H,36,40)(H,37,41)(H,38,42). The van der Waals surface area contributed by atoms with Gasteiger partial charge in [-0.25, -0.2) is 0 Å². The van der Waals surface area contributed by atoms with Gasteiger partial charge < -0.3 is 30.5 Å². The van der Waals surface area contributed by atoms with Gasteiger partial charge in [-0.3, -0.25) is 14.4 Å². The van der Waals surface area contributed by atoms with Crippen molar-refractivity contribution in [2.45, 2.75) is 76.5 Å². The predicted octanol–water partition coefficient (Wildman–Crippen LogP) is 6.36. The summed E-state index contributed by atoms with van der Waals surface area (Å²) < 4.78 is 13.1. The van der Waals surface area contributed by atoms with Crippen LogP contribution in [-0.2, 0) is 30.5 Å². The van der Waals surface area contributed by atoms with Gasteiger partial charge in [0.25, 0.3) is 0 Å². The average Bonchev–Trinajstić information content (AvgIpc) is 3.03. The summed E-state index contributed by atoms with van der Waals surface area (Å²) >= 11 is 1.69. The third-order valence-corrected chi connectivity index (χ3v) is 8.73. The molecule has 0 bridgehead atoms. The number of nitrogens with one attached hydrogen (secondary N) is 3. The van der Waals surface area contributed by atoms with E-state index in [0.717, 1.165) is 46.5 Å². The van der Waals surface area contributed by atoms with Gasteiger partial charge in [0.05, 0.1) is 18.8 Å². The molecule has 9 nitrogen and oxygen atoms in total. The van der Waals surface area contributed by atoms with Crippen LogP contribution in [0, 0.1) is 5.92 Å². The van der Waals surface area contributed by atoms with Gasteiger partial charge in [-0.15, -0.1) is 11.8 Å². The van der Waals surface area contributed by atoms with E-state index in [-0.39, 0.29) is 42.5 Å². The highest BCUT2D eigenvalue weighted by Crippen LogP contribution is 2.43. The summed E-state index contributed by atoms with van der Waals surface area (Å²) in [6.45, 7) is 5.73. The summed E-state index contributed by atoms with van der Waals surface area (Å²) in [5.74, 6) is 0.554. The molecule has 0 saturated carbocycles. The quantitative estimate of drug-likeness (QED) is 0.120. The molecule has 3 aromatic rings. The Morgan fingerprint density at radius 2 is 1.42 bits per heavy atom. The van der Waals surface area contributed by atoms with E-state index in [1.54, 1.807) is 11.8 Å². The molecule has 0 aromatic heterocycles. The third kappa shape index (κ3) is 10.7. The van der Waals surface area contributed by atoms with Crippen LogP contribution in [0.3, 0.4) is 0 Å². The van der Waals surface area contributed by atoms with Gasteiger partial charge in [-0.1, -0.05) is 49.7 Å². The fraction of sp³-hybridized carbons (Fsp3) is 0.400. The molecule has 1 fully saturated rings. The van der Waals surface area contributed by atoms with Crippen LogP contribution >= 0.6 is 11.8 Å². The lowest BCUT2D eigenvalue weighted by Gasteiger charge is -2.41. The van der Waals surface area contributed by atoms with Crippen LogP contribution in [0.15, 0.2) is 77.7 Å². The van der Waals surface area contributed by atoms with Crippen molar-refractivity contribution in [1.29, 1.82) is 0 Å². The second-order valence-corrected chi connectivity index (χ2v) is 12.4. The minimum atomic E-state index is -0.607. The van der Waals surface area contributed by atoms with E-state index in [1.165, 1.54) is 13.8 Å². The highest BCUT2D eigenvalue weighted by molar-refractivity contribution is 7.99. The van der Waals surface area contributed by atoms with E-state index in [1.807, 2.05) is 72.8 Å². The highest BCUT2D eigenvalue weighted by atomic mass is 32.2. The minimum absolute atomic E-state index is 0.0193. The molecule has 0 radical (unpaired) electrons. The maximum atomic E-state index is 12.5. The number of carbonyl (C=O) groups excluding carboxylic acids is 3. The Labute approximate surface area is 269 Å². The van der Waals surface area contributed by atoms with Crippen molar-refractivity contribution in [2.75, 3.05) is 22.9 Å². The van der Waals surface area contributed by atoms with E-state index in [9.17, 15) is 19.5 Å². The van der Waals surface area contributed by atoms with Crippen molar-refractivity contribution in [3.63, 3.8) is 0 Å². The van der Waals surface area contributed by atoms with Crippen LogP contribution in [0.2, 0.25) is 0 Å². The largest absolute Gasteiger partial charge is 0.392 e. The van der Waals surface area contributed by atoms with Gasteiger partial charge in [-0.05, 0) is 60.4 Å². The Morgan fingerprint density at radius 1 is 0.778 bits per heavy atom. The molecular formula is C35H43N3O6S. The Bertz CT molecular complexity index is 1400. The fourth-order valence-corrected chi connectivity index (χ4v) is 6.19. The monoisotopic (exact) mass is 633 g/mol. The summed E-state index contributed by atoms with van der Waals surface area (Å²) in [4.78, 5) is 35.8. The highest BCUT2D eigenvalue weighted by Gasteiger charge is 2.38. The normalized spacial score (nSPS) is 19.5. The minimum Gasteiger partial charge on any atom is -0.392 e. The van der Waals surface area contributed by atoms with E-state index in [4.69, 9.17) is 9.47 Å². The lowest BCUT2D eigenvalue weighted by Crippen LogP contribution is -2.38. The van der Waals surface area contributed by atoms with E-state index >= 15 is 0 Å². The first-order chi connectivity index (χ1) is 21.7. The third-order valence-electron chi connectivity index (χ3n) is 7.63. The first-order valence-corrected chi connectivity index (χ1v) is 16.4. The maximum Gasteiger partial charge on any atom is 0.224 e.